The van der Waals surface area contributed by atoms with Crippen LogP contribution in [-0.4, -0.2) is 35.2 Å². The van der Waals surface area contributed by atoms with E-state index >= 15 is 0 Å². The minimum Gasteiger partial charge on any atom is -0.507 e. The fourth-order valence-corrected chi connectivity index (χ4v) is 3.89. The molecule has 6 heteroatoms. The molecule has 1 aliphatic heterocycles. The second kappa shape index (κ2) is 8.92. The molecule has 1 amide bonds. The van der Waals surface area contributed by atoms with E-state index in [2.05, 4.69) is 10.2 Å². The van der Waals surface area contributed by atoms with Crippen LogP contribution in [-0.2, 0) is 0 Å². The van der Waals surface area contributed by atoms with Crippen LogP contribution in [0, 0.1) is 0 Å². The second-order valence-corrected chi connectivity index (χ2v) is 7.63. The molecule has 3 aromatic carbocycles. The Kier molecular flexibility index (Phi) is 5.89. The SMILES string of the molecule is O=C(Nc1cc(-c2ccccc2)ccc1C(=O)O)c1cc(N2CCCCC2)ccc1O. The molecule has 0 saturated carbocycles. The molecular formula is C25H24N2O4. The van der Waals surface area contributed by atoms with E-state index in [1.807, 2.05) is 30.3 Å². The molecule has 6 nitrogen and oxygen atoms in total. The number of hydrogen-bond donors (Lipinski definition) is 3. The van der Waals surface area contributed by atoms with E-state index in [0.29, 0.717) is 0 Å². The highest BCUT2D eigenvalue weighted by atomic mass is 16.4. The van der Waals surface area contributed by atoms with Crippen LogP contribution in [0.5, 0.6) is 5.75 Å². The molecular weight excluding hydrogens is 392 g/mol. The first-order valence-electron chi connectivity index (χ1n) is 10.3. The fourth-order valence-electron chi connectivity index (χ4n) is 3.89. The normalized spacial score (nSPS) is 13.6. The van der Waals surface area contributed by atoms with Crippen molar-refractivity contribution < 1.29 is 19.8 Å². The number of carboxylic acid groups (broad SMARTS) is 1. The van der Waals surface area contributed by atoms with E-state index in [1.165, 1.54) is 18.6 Å². The summed E-state index contributed by atoms with van der Waals surface area (Å²) in [5, 5.41) is 22.6. The molecule has 3 aromatic rings. The average Bonchev–Trinajstić information content (AvgIpc) is 2.80. The number of piperidine rings is 1. The molecule has 4 rings (SSSR count). The van der Waals surface area contributed by atoms with Crippen molar-refractivity contribution in [3.05, 3.63) is 77.9 Å². The highest BCUT2D eigenvalue weighted by molar-refractivity contribution is 6.10. The van der Waals surface area contributed by atoms with Crippen molar-refractivity contribution in [1.29, 1.82) is 0 Å². The lowest BCUT2D eigenvalue weighted by Gasteiger charge is -2.29. The number of nitrogens with zero attached hydrogens (tertiary/aromatic N) is 1. The van der Waals surface area contributed by atoms with Gasteiger partial charge < -0.3 is 20.4 Å². The number of carbonyl (C=O) groups is 2. The first kappa shape index (κ1) is 20.5. The number of amides is 1. The van der Waals surface area contributed by atoms with Crippen LogP contribution in [0.3, 0.4) is 0 Å². The van der Waals surface area contributed by atoms with Crippen LogP contribution < -0.4 is 10.2 Å². The minimum absolute atomic E-state index is 0.0142. The third kappa shape index (κ3) is 4.53. The maximum absolute atomic E-state index is 13.0. The van der Waals surface area contributed by atoms with Gasteiger partial charge in [0.05, 0.1) is 16.8 Å². The fraction of sp³-hybridized carbons (Fsp3) is 0.200. The molecule has 1 fully saturated rings. The standard InChI is InChI=1S/C25H24N2O4/c28-23-12-10-19(27-13-5-2-6-14-27)16-21(23)24(29)26-22-15-18(9-11-20(22)25(30)31)17-7-3-1-4-8-17/h1,3-4,7-12,15-16,28H,2,5-6,13-14H2,(H,26,29)(H,30,31). The number of phenols is 1. The predicted molar refractivity (Wildman–Crippen MR) is 121 cm³/mol. The van der Waals surface area contributed by atoms with E-state index in [9.17, 15) is 19.8 Å². The summed E-state index contributed by atoms with van der Waals surface area (Å²) in [5.74, 6) is -1.83. The van der Waals surface area contributed by atoms with Crippen LogP contribution in [0.2, 0.25) is 0 Å². The molecule has 1 heterocycles. The predicted octanol–water partition coefficient (Wildman–Crippen LogP) is 5.00. The van der Waals surface area contributed by atoms with Crippen LogP contribution in [0.15, 0.2) is 66.7 Å². The second-order valence-electron chi connectivity index (χ2n) is 7.63. The molecule has 0 spiro atoms. The first-order valence-corrected chi connectivity index (χ1v) is 10.3. The van der Waals surface area contributed by atoms with Crippen LogP contribution in [0.25, 0.3) is 11.1 Å². The molecule has 1 aliphatic rings. The van der Waals surface area contributed by atoms with Gasteiger partial charge in [0, 0.05) is 18.8 Å². The Bertz CT molecular complexity index is 1110. The first-order chi connectivity index (χ1) is 15.0. The summed E-state index contributed by atoms with van der Waals surface area (Å²) >= 11 is 0. The molecule has 0 radical (unpaired) electrons. The van der Waals surface area contributed by atoms with Crippen LogP contribution in [0.1, 0.15) is 40.0 Å². The number of carbonyl (C=O) groups excluding carboxylic acids is 1. The summed E-state index contributed by atoms with van der Waals surface area (Å²) < 4.78 is 0. The summed E-state index contributed by atoms with van der Waals surface area (Å²) in [6.07, 6.45) is 3.38. The lowest BCUT2D eigenvalue weighted by Crippen LogP contribution is -2.29. The van der Waals surface area contributed by atoms with Gasteiger partial charge in [-0.25, -0.2) is 4.79 Å². The number of aromatic carboxylic acids is 1. The Hall–Kier alpha value is -3.80. The number of carboxylic acids is 1. The molecule has 1 saturated heterocycles. The van der Waals surface area contributed by atoms with E-state index in [0.717, 1.165) is 42.7 Å². The molecule has 31 heavy (non-hydrogen) atoms. The van der Waals surface area contributed by atoms with Crippen molar-refractivity contribution in [1.82, 2.24) is 0 Å². The van der Waals surface area contributed by atoms with Gasteiger partial charge in [0.2, 0.25) is 0 Å². The van der Waals surface area contributed by atoms with Gasteiger partial charge in [-0.3, -0.25) is 4.79 Å². The monoisotopic (exact) mass is 416 g/mol. The largest absolute Gasteiger partial charge is 0.507 e. The highest BCUT2D eigenvalue weighted by Crippen LogP contribution is 2.29. The Labute approximate surface area is 180 Å². The third-order valence-electron chi connectivity index (χ3n) is 5.55. The average molecular weight is 416 g/mol. The van der Waals surface area contributed by atoms with Gasteiger partial charge in [-0.15, -0.1) is 0 Å². The van der Waals surface area contributed by atoms with Gasteiger partial charge in [-0.1, -0.05) is 36.4 Å². The topological polar surface area (TPSA) is 89.9 Å². The number of aromatic hydroxyl groups is 1. The van der Waals surface area contributed by atoms with Crippen molar-refractivity contribution in [2.75, 3.05) is 23.3 Å². The molecule has 0 unspecified atom stereocenters. The zero-order valence-corrected chi connectivity index (χ0v) is 17.0. The summed E-state index contributed by atoms with van der Waals surface area (Å²) in [6, 6.07) is 19.3. The number of phenolic OH excluding ortho intramolecular Hbond substituents is 1. The highest BCUT2D eigenvalue weighted by Gasteiger charge is 2.19. The molecule has 158 valence electrons. The summed E-state index contributed by atoms with van der Waals surface area (Å²) in [6.45, 7) is 1.82. The molecule has 0 atom stereocenters. The lowest BCUT2D eigenvalue weighted by atomic mass is 10.0. The van der Waals surface area contributed by atoms with Gasteiger partial charge in [0.15, 0.2) is 0 Å². The van der Waals surface area contributed by atoms with Gasteiger partial charge in [0.25, 0.3) is 5.91 Å². The summed E-state index contributed by atoms with van der Waals surface area (Å²) in [4.78, 5) is 26.9. The Balaban J connectivity index is 1.65. The molecule has 0 bridgehead atoms. The summed E-state index contributed by atoms with van der Waals surface area (Å²) in [7, 11) is 0. The van der Waals surface area contributed by atoms with Crippen molar-refractivity contribution >= 4 is 23.3 Å². The molecule has 0 aliphatic carbocycles. The Morgan fingerprint density at radius 3 is 2.26 bits per heavy atom. The molecule has 0 aromatic heterocycles. The van der Waals surface area contributed by atoms with Crippen LogP contribution in [0.4, 0.5) is 11.4 Å². The van der Waals surface area contributed by atoms with Crippen molar-refractivity contribution in [2.45, 2.75) is 19.3 Å². The van der Waals surface area contributed by atoms with Gasteiger partial charge in [-0.2, -0.15) is 0 Å². The molecule has 3 N–H and O–H groups in total. The minimum atomic E-state index is -1.14. The lowest BCUT2D eigenvalue weighted by molar-refractivity contribution is 0.0698. The van der Waals surface area contributed by atoms with Crippen molar-refractivity contribution in [3.8, 4) is 16.9 Å². The van der Waals surface area contributed by atoms with E-state index in [-0.39, 0.29) is 22.6 Å². The van der Waals surface area contributed by atoms with E-state index < -0.39 is 11.9 Å². The van der Waals surface area contributed by atoms with Crippen LogP contribution >= 0.6 is 0 Å². The van der Waals surface area contributed by atoms with Gasteiger partial charge >= 0.3 is 5.97 Å². The summed E-state index contributed by atoms with van der Waals surface area (Å²) in [5.41, 5.74) is 2.85. The smallest absolute Gasteiger partial charge is 0.337 e. The van der Waals surface area contributed by atoms with Gasteiger partial charge in [-0.05, 0) is 60.7 Å². The quantitative estimate of drug-likeness (QED) is 0.545. The maximum atomic E-state index is 13.0. The van der Waals surface area contributed by atoms with Crippen molar-refractivity contribution in [3.63, 3.8) is 0 Å². The maximum Gasteiger partial charge on any atom is 0.337 e. The van der Waals surface area contributed by atoms with Gasteiger partial charge in [0.1, 0.15) is 5.75 Å². The third-order valence-corrected chi connectivity index (χ3v) is 5.55. The number of hydrogen-bond acceptors (Lipinski definition) is 4. The van der Waals surface area contributed by atoms with E-state index in [1.54, 1.807) is 24.3 Å². The zero-order valence-electron chi connectivity index (χ0n) is 17.0. The zero-order chi connectivity index (χ0) is 21.8. The Morgan fingerprint density at radius 2 is 1.55 bits per heavy atom. The number of nitrogens with one attached hydrogen (secondary N) is 1. The number of anilines is 2. The number of rotatable bonds is 5. The van der Waals surface area contributed by atoms with E-state index in [4.69, 9.17) is 0 Å². The van der Waals surface area contributed by atoms with Crippen molar-refractivity contribution in [2.24, 2.45) is 0 Å². The Morgan fingerprint density at radius 1 is 0.806 bits per heavy atom. The number of benzene rings is 3.